The summed E-state index contributed by atoms with van der Waals surface area (Å²) < 4.78 is 7.40. The second-order valence-corrected chi connectivity index (χ2v) is 6.66. The van der Waals surface area contributed by atoms with E-state index >= 15 is 0 Å². The van der Waals surface area contributed by atoms with Gasteiger partial charge in [-0.05, 0) is 29.8 Å². The van der Waals surface area contributed by atoms with E-state index in [2.05, 4.69) is 20.3 Å². The van der Waals surface area contributed by atoms with Gasteiger partial charge in [-0.2, -0.15) is 0 Å². The van der Waals surface area contributed by atoms with E-state index < -0.39 is 6.09 Å². The molecule has 140 valence electrons. The van der Waals surface area contributed by atoms with E-state index in [1.165, 1.54) is 12.4 Å². The highest BCUT2D eigenvalue weighted by molar-refractivity contribution is 6.39. The number of carbonyl (C=O) groups is 1. The topological polar surface area (TPSA) is 81.9 Å². The first-order valence-electron chi connectivity index (χ1n) is 8.22. The predicted molar refractivity (Wildman–Crippen MR) is 107 cm³/mol. The van der Waals surface area contributed by atoms with E-state index in [0.29, 0.717) is 23.3 Å². The molecule has 4 heterocycles. The number of nitrogens with zero attached hydrogens (tertiary/aromatic N) is 4. The number of ether oxygens (including phenoxy) is 1. The third-order valence-electron chi connectivity index (χ3n) is 3.98. The lowest BCUT2D eigenvalue weighted by atomic mass is 10.3. The fourth-order valence-corrected chi connectivity index (χ4v) is 3.19. The van der Waals surface area contributed by atoms with Gasteiger partial charge in [-0.25, -0.2) is 9.78 Å². The Labute approximate surface area is 169 Å². The Bertz CT molecular complexity index is 1130. The van der Waals surface area contributed by atoms with E-state index in [0.717, 1.165) is 5.56 Å². The first kappa shape index (κ1) is 18.2. The smallest absolute Gasteiger partial charge is 0.408 e. The third-order valence-corrected chi connectivity index (χ3v) is 4.56. The summed E-state index contributed by atoms with van der Waals surface area (Å²) in [7, 11) is 0. The van der Waals surface area contributed by atoms with Crippen molar-refractivity contribution in [2.24, 2.45) is 0 Å². The molecule has 0 aliphatic carbocycles. The Morgan fingerprint density at radius 2 is 1.82 bits per heavy atom. The van der Waals surface area contributed by atoms with Crippen molar-refractivity contribution in [1.29, 1.82) is 0 Å². The molecule has 0 unspecified atom stereocenters. The lowest BCUT2D eigenvalue weighted by Gasteiger charge is -2.08. The van der Waals surface area contributed by atoms with Gasteiger partial charge in [-0.15, -0.1) is 0 Å². The van der Waals surface area contributed by atoms with Crippen LogP contribution in [0, 0.1) is 0 Å². The minimum Gasteiger partial charge on any atom is -0.408 e. The number of rotatable bonds is 4. The van der Waals surface area contributed by atoms with Crippen LogP contribution in [0.1, 0.15) is 5.56 Å². The monoisotopic (exact) mass is 413 g/mol. The summed E-state index contributed by atoms with van der Waals surface area (Å²) in [6.45, 7) is 0.559. The predicted octanol–water partition coefficient (Wildman–Crippen LogP) is 4.79. The molecule has 0 saturated heterocycles. The van der Waals surface area contributed by atoms with Crippen molar-refractivity contribution in [2.75, 3.05) is 5.32 Å². The number of nitrogens with one attached hydrogen (secondary N) is 1. The molecule has 4 aromatic heterocycles. The molecule has 0 fully saturated rings. The van der Waals surface area contributed by atoms with Crippen LogP contribution in [0.25, 0.3) is 11.0 Å². The number of aromatic nitrogens is 4. The first-order valence-corrected chi connectivity index (χ1v) is 8.98. The molecule has 0 spiro atoms. The van der Waals surface area contributed by atoms with Gasteiger partial charge < -0.3 is 9.30 Å². The van der Waals surface area contributed by atoms with Crippen LogP contribution in [-0.2, 0) is 6.54 Å². The second kappa shape index (κ2) is 7.84. The summed E-state index contributed by atoms with van der Waals surface area (Å²) in [5, 5.41) is 3.68. The number of halogens is 2. The van der Waals surface area contributed by atoms with Crippen LogP contribution in [0.4, 0.5) is 10.5 Å². The molecule has 28 heavy (non-hydrogen) atoms. The Morgan fingerprint density at radius 3 is 2.57 bits per heavy atom. The lowest BCUT2D eigenvalue weighted by molar-refractivity contribution is 0.215. The molecule has 4 rings (SSSR count). The molecular weight excluding hydrogens is 401 g/mol. The molecule has 0 bridgehead atoms. The quantitative estimate of drug-likeness (QED) is 0.519. The van der Waals surface area contributed by atoms with Crippen LogP contribution < -0.4 is 10.1 Å². The summed E-state index contributed by atoms with van der Waals surface area (Å²) in [4.78, 5) is 24.7. The van der Waals surface area contributed by atoms with E-state index in [1.807, 2.05) is 22.8 Å². The van der Waals surface area contributed by atoms with Gasteiger partial charge in [0, 0.05) is 43.7 Å². The van der Waals surface area contributed by atoms with Crippen molar-refractivity contribution in [3.63, 3.8) is 0 Å². The van der Waals surface area contributed by atoms with Crippen molar-refractivity contribution in [1.82, 2.24) is 19.5 Å². The fourth-order valence-electron chi connectivity index (χ4n) is 2.74. The zero-order chi connectivity index (χ0) is 19.5. The number of anilines is 1. The highest BCUT2D eigenvalue weighted by Gasteiger charge is 2.16. The average Bonchev–Trinajstić information content (AvgIpc) is 3.03. The van der Waals surface area contributed by atoms with E-state index in [1.54, 1.807) is 30.9 Å². The third kappa shape index (κ3) is 3.76. The summed E-state index contributed by atoms with van der Waals surface area (Å²) in [5.41, 5.74) is 1.98. The van der Waals surface area contributed by atoms with Crippen LogP contribution in [-0.4, -0.2) is 25.6 Å². The van der Waals surface area contributed by atoms with E-state index in [-0.39, 0.29) is 15.7 Å². The molecule has 0 radical (unpaired) electrons. The first-order chi connectivity index (χ1) is 13.6. The van der Waals surface area contributed by atoms with Crippen molar-refractivity contribution < 1.29 is 9.53 Å². The van der Waals surface area contributed by atoms with Gasteiger partial charge in [0.1, 0.15) is 5.65 Å². The molecule has 1 N–H and O–H groups in total. The van der Waals surface area contributed by atoms with Crippen molar-refractivity contribution >= 4 is 46.0 Å². The maximum Gasteiger partial charge on any atom is 0.417 e. The minimum absolute atomic E-state index is 0.214. The molecule has 1 amide bonds. The van der Waals surface area contributed by atoms with Crippen molar-refractivity contribution in [2.45, 2.75) is 6.54 Å². The minimum atomic E-state index is -0.721. The molecular formula is C19H13Cl2N5O2. The van der Waals surface area contributed by atoms with Gasteiger partial charge in [-0.3, -0.25) is 15.3 Å². The van der Waals surface area contributed by atoms with Crippen LogP contribution in [0.15, 0.2) is 61.4 Å². The van der Waals surface area contributed by atoms with Gasteiger partial charge in [0.05, 0.1) is 21.1 Å². The summed E-state index contributed by atoms with van der Waals surface area (Å²) >= 11 is 12.1. The molecule has 7 nitrogen and oxygen atoms in total. The number of fused-ring (bicyclic) bond motifs is 1. The molecule has 0 aliphatic rings. The van der Waals surface area contributed by atoms with Gasteiger partial charge in [-0.1, -0.05) is 23.2 Å². The Balaban J connectivity index is 1.61. The summed E-state index contributed by atoms with van der Waals surface area (Å²) in [5.74, 6) is 0.371. The normalized spacial score (nSPS) is 10.8. The molecule has 0 aromatic carbocycles. The van der Waals surface area contributed by atoms with Gasteiger partial charge in [0.15, 0.2) is 5.75 Å². The summed E-state index contributed by atoms with van der Waals surface area (Å²) in [6.07, 6.45) is 8.91. The van der Waals surface area contributed by atoms with Crippen LogP contribution in [0.3, 0.4) is 0 Å². The number of amides is 1. The van der Waals surface area contributed by atoms with Crippen LogP contribution in [0.2, 0.25) is 10.0 Å². The highest BCUT2D eigenvalue weighted by atomic mass is 35.5. The van der Waals surface area contributed by atoms with E-state index in [4.69, 9.17) is 27.9 Å². The lowest BCUT2D eigenvalue weighted by Crippen LogP contribution is -2.17. The second-order valence-electron chi connectivity index (χ2n) is 5.84. The number of hydrogen-bond donors (Lipinski definition) is 1. The largest absolute Gasteiger partial charge is 0.417 e. The van der Waals surface area contributed by atoms with Gasteiger partial charge in [0.25, 0.3) is 0 Å². The van der Waals surface area contributed by atoms with Crippen LogP contribution in [0.5, 0.6) is 5.75 Å². The molecule has 0 saturated carbocycles. The molecule has 0 aliphatic heterocycles. The SMILES string of the molecule is O=C(Nc1c(Cl)cncc1Cl)Oc1cn(Cc2ccncc2)c2ncccc12. The molecule has 9 heteroatoms. The van der Waals surface area contributed by atoms with Gasteiger partial charge >= 0.3 is 6.09 Å². The summed E-state index contributed by atoms with van der Waals surface area (Å²) in [6, 6.07) is 7.44. The number of carbonyl (C=O) groups excluding carboxylic acids is 1. The highest BCUT2D eigenvalue weighted by Crippen LogP contribution is 2.30. The van der Waals surface area contributed by atoms with Crippen LogP contribution >= 0.6 is 23.2 Å². The Hall–Kier alpha value is -3.16. The Morgan fingerprint density at radius 1 is 1.07 bits per heavy atom. The zero-order valence-electron chi connectivity index (χ0n) is 14.3. The van der Waals surface area contributed by atoms with Crippen molar-refractivity contribution in [3.8, 4) is 5.75 Å². The number of hydrogen-bond acceptors (Lipinski definition) is 5. The van der Waals surface area contributed by atoms with Gasteiger partial charge in [0.2, 0.25) is 0 Å². The zero-order valence-corrected chi connectivity index (χ0v) is 15.9. The molecule has 0 atom stereocenters. The fraction of sp³-hybridized carbons (Fsp3) is 0.0526. The average molecular weight is 414 g/mol. The molecule has 4 aromatic rings. The van der Waals surface area contributed by atoms with E-state index in [9.17, 15) is 4.79 Å². The Kier molecular flexibility index (Phi) is 5.10. The van der Waals surface area contributed by atoms with Crippen molar-refractivity contribution in [3.05, 3.63) is 77.1 Å². The standard InChI is InChI=1S/C19H13Cl2N5O2/c20-14-8-23-9-15(21)17(14)25-19(27)28-16-11-26(10-12-3-6-22-7-4-12)18-13(16)2-1-5-24-18/h1-9,11H,10H2,(H,23,25,27). The maximum absolute atomic E-state index is 12.4. The maximum atomic E-state index is 12.4. The number of pyridine rings is 3.